The predicted molar refractivity (Wildman–Crippen MR) is 121 cm³/mol. The summed E-state index contributed by atoms with van der Waals surface area (Å²) in [7, 11) is 0. The fourth-order valence-corrected chi connectivity index (χ4v) is 8.04. The van der Waals surface area contributed by atoms with E-state index in [1.807, 2.05) is 13.8 Å². The van der Waals surface area contributed by atoms with Gasteiger partial charge in [0.1, 0.15) is 0 Å². The van der Waals surface area contributed by atoms with Gasteiger partial charge in [0.15, 0.2) is 5.60 Å². The first-order valence-corrected chi connectivity index (χ1v) is 12.6. The quantitative estimate of drug-likeness (QED) is 0.443. The molecule has 4 rings (SSSR count). The summed E-state index contributed by atoms with van der Waals surface area (Å²) in [5.74, 6) is 0.400. The molecule has 0 bridgehead atoms. The number of alkyl halides is 3. The Labute approximate surface area is 194 Å². The van der Waals surface area contributed by atoms with E-state index in [9.17, 15) is 23.4 Å². The second-order valence-electron chi connectivity index (χ2n) is 12.7. The number of hydrogen-bond donors (Lipinski definition) is 2. The first kappa shape index (κ1) is 21.9. The van der Waals surface area contributed by atoms with Crippen molar-refractivity contribution >= 4 is 0 Å². The Hall–Kier alpha value is -0.550. The van der Waals surface area contributed by atoms with E-state index >= 15 is 0 Å². The summed E-state index contributed by atoms with van der Waals surface area (Å²) in [6, 6.07) is 0. The minimum absolute atomic E-state index is 0.00230. The largest absolute Gasteiger partial charge is 0.416 e. The number of allylic oxidation sites excluding steroid dienone is 1. The van der Waals surface area contributed by atoms with Gasteiger partial charge in [-0.3, -0.25) is 0 Å². The first-order valence-electron chi connectivity index (χ1n) is 13.6. The molecule has 9 atom stereocenters. The van der Waals surface area contributed by atoms with Crippen molar-refractivity contribution < 1.29 is 26.1 Å². The first-order chi connectivity index (χ1) is 15.3. The molecule has 0 aromatic carbocycles. The highest BCUT2D eigenvalue weighted by molar-refractivity contribution is 5.26. The van der Waals surface area contributed by atoms with Gasteiger partial charge < -0.3 is 10.2 Å². The second kappa shape index (κ2) is 7.73. The Balaban J connectivity index is 1.58. The molecule has 184 valence electrons. The maximum atomic E-state index is 13.2. The topological polar surface area (TPSA) is 40.5 Å². The average Bonchev–Trinajstić information content (AvgIpc) is 2.92. The summed E-state index contributed by atoms with van der Waals surface area (Å²) in [5.41, 5.74) is -2.29. The SMILES string of the molecule is [2H]C1([2H])C[C@H]([C@H](C)CC[C@](C)(O)C(F)(F)F)[C@@]2(C)CCC3C(CC=C4C[C@@](C)(O)CC[C@@]43C)C12. The smallest absolute Gasteiger partial charge is 0.390 e. The van der Waals surface area contributed by atoms with Crippen LogP contribution in [0.1, 0.15) is 102 Å². The molecule has 4 aliphatic carbocycles. The van der Waals surface area contributed by atoms with Crippen LogP contribution in [0.4, 0.5) is 13.2 Å². The van der Waals surface area contributed by atoms with E-state index in [2.05, 4.69) is 19.9 Å². The fraction of sp³-hybridized carbons (Fsp3) is 0.926. The van der Waals surface area contributed by atoms with Crippen LogP contribution in [0.2, 0.25) is 0 Å². The standard InChI is InChI=1S/C27H43F3O2/c1-17(10-13-26(5,32)27(28,29)30)20-8-9-21-19-7-6-18-16-23(2,31)14-15-24(18,3)22(19)11-12-25(20,21)4/h6,17,19-22,31-32H,7-16H2,1-5H3/t17-,19?,20-,21?,22?,23+,24+,25-,26+/m1/s1/i9D2. The van der Waals surface area contributed by atoms with Gasteiger partial charge in [0, 0.05) is 2.74 Å². The van der Waals surface area contributed by atoms with Gasteiger partial charge in [0.25, 0.3) is 0 Å². The van der Waals surface area contributed by atoms with Gasteiger partial charge in [0.05, 0.1) is 5.60 Å². The molecule has 5 heteroatoms. The molecule has 0 aliphatic heterocycles. The lowest BCUT2D eigenvalue weighted by Crippen LogP contribution is -2.52. The van der Waals surface area contributed by atoms with Crippen molar-refractivity contribution in [1.82, 2.24) is 0 Å². The van der Waals surface area contributed by atoms with Crippen LogP contribution in [0.3, 0.4) is 0 Å². The van der Waals surface area contributed by atoms with Crippen LogP contribution in [0.15, 0.2) is 11.6 Å². The van der Waals surface area contributed by atoms with Gasteiger partial charge in [-0.05, 0) is 118 Å². The fourth-order valence-electron chi connectivity index (χ4n) is 8.04. The molecule has 0 aromatic rings. The van der Waals surface area contributed by atoms with Crippen molar-refractivity contribution in [3.8, 4) is 0 Å². The molecule has 3 saturated carbocycles. The summed E-state index contributed by atoms with van der Waals surface area (Å²) in [5, 5.41) is 20.6. The lowest BCUT2D eigenvalue weighted by atomic mass is 9.46. The molecule has 0 saturated heterocycles. The molecule has 0 heterocycles. The van der Waals surface area contributed by atoms with Gasteiger partial charge >= 0.3 is 6.18 Å². The zero-order valence-corrected chi connectivity index (χ0v) is 20.4. The number of aliphatic hydroxyl groups is 2. The lowest BCUT2D eigenvalue weighted by molar-refractivity contribution is -0.256. The van der Waals surface area contributed by atoms with E-state index in [-0.39, 0.29) is 47.3 Å². The Morgan fingerprint density at radius 2 is 1.84 bits per heavy atom. The van der Waals surface area contributed by atoms with Crippen LogP contribution in [-0.4, -0.2) is 27.6 Å². The van der Waals surface area contributed by atoms with Crippen molar-refractivity contribution in [1.29, 1.82) is 0 Å². The molecule has 2 nitrogen and oxygen atoms in total. The molecule has 3 fully saturated rings. The third-order valence-corrected chi connectivity index (χ3v) is 10.4. The highest BCUT2D eigenvalue weighted by atomic mass is 19.4. The van der Waals surface area contributed by atoms with Crippen LogP contribution in [-0.2, 0) is 0 Å². The maximum Gasteiger partial charge on any atom is 0.416 e. The van der Waals surface area contributed by atoms with Gasteiger partial charge in [-0.25, -0.2) is 0 Å². The van der Waals surface area contributed by atoms with Crippen LogP contribution in [0, 0.1) is 40.4 Å². The molecular formula is C27H43F3O2. The molecular weight excluding hydrogens is 413 g/mol. The third kappa shape index (κ3) is 3.87. The molecule has 2 N–H and O–H groups in total. The Morgan fingerprint density at radius 3 is 2.50 bits per heavy atom. The molecule has 0 radical (unpaired) electrons. The molecule has 0 aromatic heterocycles. The number of hydrogen-bond acceptors (Lipinski definition) is 2. The van der Waals surface area contributed by atoms with Gasteiger partial charge in [-0.1, -0.05) is 32.4 Å². The van der Waals surface area contributed by atoms with Crippen LogP contribution in [0.5, 0.6) is 0 Å². The maximum absolute atomic E-state index is 13.2. The number of fused-ring (bicyclic) bond motifs is 5. The van der Waals surface area contributed by atoms with Crippen molar-refractivity contribution in [2.75, 3.05) is 0 Å². The normalized spacial score (nSPS) is 49.5. The number of halogens is 3. The zero-order chi connectivity index (χ0) is 25.5. The van der Waals surface area contributed by atoms with Crippen molar-refractivity contribution in [2.24, 2.45) is 40.4 Å². The molecule has 3 unspecified atom stereocenters. The summed E-state index contributed by atoms with van der Waals surface area (Å²) in [4.78, 5) is 0. The molecule has 0 spiro atoms. The second-order valence-corrected chi connectivity index (χ2v) is 12.7. The van der Waals surface area contributed by atoms with Crippen LogP contribution >= 0.6 is 0 Å². The van der Waals surface area contributed by atoms with E-state index in [0.29, 0.717) is 18.8 Å². The zero-order valence-electron chi connectivity index (χ0n) is 22.4. The third-order valence-electron chi connectivity index (χ3n) is 10.4. The van der Waals surface area contributed by atoms with E-state index in [0.717, 1.165) is 39.0 Å². The van der Waals surface area contributed by atoms with E-state index in [1.54, 1.807) is 0 Å². The highest BCUT2D eigenvalue weighted by Gasteiger charge is 2.60. The van der Waals surface area contributed by atoms with Gasteiger partial charge in [-0.2, -0.15) is 13.2 Å². The van der Waals surface area contributed by atoms with E-state index in [4.69, 9.17) is 2.74 Å². The minimum Gasteiger partial charge on any atom is -0.390 e. The van der Waals surface area contributed by atoms with E-state index in [1.165, 1.54) is 5.57 Å². The van der Waals surface area contributed by atoms with Crippen molar-refractivity contribution in [2.45, 2.75) is 116 Å². The predicted octanol–water partition coefficient (Wildman–Crippen LogP) is 7.05. The molecule has 32 heavy (non-hydrogen) atoms. The highest BCUT2D eigenvalue weighted by Crippen LogP contribution is 2.67. The Kier molecular flexibility index (Phi) is 5.30. The summed E-state index contributed by atoms with van der Waals surface area (Å²) in [6.07, 6.45) is 1.64. The molecule has 0 amide bonds. The lowest BCUT2D eigenvalue weighted by Gasteiger charge is -2.59. The Morgan fingerprint density at radius 1 is 1.16 bits per heavy atom. The van der Waals surface area contributed by atoms with Crippen molar-refractivity contribution in [3.05, 3.63) is 11.6 Å². The van der Waals surface area contributed by atoms with Crippen LogP contribution in [0.25, 0.3) is 0 Å². The van der Waals surface area contributed by atoms with Crippen LogP contribution < -0.4 is 0 Å². The van der Waals surface area contributed by atoms with Gasteiger partial charge in [0.2, 0.25) is 0 Å². The van der Waals surface area contributed by atoms with Crippen molar-refractivity contribution in [3.63, 3.8) is 0 Å². The average molecular weight is 459 g/mol. The molecule has 4 aliphatic rings. The minimum atomic E-state index is -4.66. The summed E-state index contributed by atoms with van der Waals surface area (Å²) in [6.45, 7) is 9.22. The van der Waals surface area contributed by atoms with Gasteiger partial charge in [-0.15, -0.1) is 0 Å². The Bertz CT molecular complexity index is 836. The monoisotopic (exact) mass is 458 g/mol. The van der Waals surface area contributed by atoms with E-state index < -0.39 is 23.8 Å². The summed E-state index contributed by atoms with van der Waals surface area (Å²) < 4.78 is 57.8. The number of rotatable bonds is 4. The summed E-state index contributed by atoms with van der Waals surface area (Å²) >= 11 is 0.